The van der Waals surface area contributed by atoms with Crippen molar-refractivity contribution in [3.05, 3.63) is 23.8 Å². The van der Waals surface area contributed by atoms with Crippen LogP contribution in [0.4, 0.5) is 5.69 Å². The van der Waals surface area contributed by atoms with Gasteiger partial charge in [-0.2, -0.15) is 0 Å². The van der Waals surface area contributed by atoms with Gasteiger partial charge in [-0.05, 0) is 50.8 Å². The van der Waals surface area contributed by atoms with Crippen molar-refractivity contribution in [2.24, 2.45) is 0 Å². The Hall–Kier alpha value is -1.07. The molecule has 0 aliphatic carbocycles. The predicted octanol–water partition coefficient (Wildman–Crippen LogP) is 3.16. The number of benzene rings is 1. The molecule has 5 heteroatoms. The first-order valence-corrected chi connectivity index (χ1v) is 9.34. The molecule has 1 aliphatic rings. The third-order valence-electron chi connectivity index (χ3n) is 4.34. The molecule has 118 valence electrons. The van der Waals surface area contributed by atoms with Gasteiger partial charge in [-0.3, -0.25) is 0 Å². The zero-order chi connectivity index (χ0) is 15.7. The highest BCUT2D eigenvalue weighted by molar-refractivity contribution is 7.90. The van der Waals surface area contributed by atoms with E-state index in [9.17, 15) is 8.42 Å². The van der Waals surface area contributed by atoms with Crippen molar-refractivity contribution >= 4 is 15.5 Å². The van der Waals surface area contributed by atoms with Gasteiger partial charge in [0.1, 0.15) is 0 Å². The van der Waals surface area contributed by atoms with Crippen molar-refractivity contribution in [2.45, 2.75) is 56.6 Å². The van der Waals surface area contributed by atoms with E-state index in [4.69, 9.17) is 4.74 Å². The predicted molar refractivity (Wildman–Crippen MR) is 85.6 cm³/mol. The van der Waals surface area contributed by atoms with E-state index in [0.717, 1.165) is 37.1 Å². The maximum Gasteiger partial charge on any atom is 0.175 e. The molecule has 0 amide bonds. The van der Waals surface area contributed by atoms with Crippen molar-refractivity contribution in [3.63, 3.8) is 0 Å². The first-order valence-electron chi connectivity index (χ1n) is 7.45. The zero-order valence-corrected chi connectivity index (χ0v) is 14.1. The van der Waals surface area contributed by atoms with Crippen LogP contribution in [0.1, 0.15) is 38.7 Å². The van der Waals surface area contributed by atoms with Crippen LogP contribution in [-0.4, -0.2) is 32.9 Å². The van der Waals surface area contributed by atoms with E-state index in [1.807, 2.05) is 13.0 Å². The molecule has 21 heavy (non-hydrogen) atoms. The molecule has 2 unspecified atom stereocenters. The lowest BCUT2D eigenvalue weighted by molar-refractivity contribution is -0.0708. The Morgan fingerprint density at radius 1 is 1.43 bits per heavy atom. The summed E-state index contributed by atoms with van der Waals surface area (Å²) in [5.74, 6) is 0. The molecule has 0 bridgehead atoms. The standard InChI is InChI=1S/C16H25NO3S/c1-5-16(3)11-13(8-9-20-16)17-15-10-14(21(4,18)19)7-6-12(15)2/h6-7,10,13,17H,5,8-9,11H2,1-4H3. The van der Waals surface area contributed by atoms with E-state index in [0.29, 0.717) is 10.9 Å². The number of ether oxygens (including phenoxy) is 1. The van der Waals surface area contributed by atoms with Crippen molar-refractivity contribution < 1.29 is 13.2 Å². The lowest BCUT2D eigenvalue weighted by atomic mass is 9.89. The summed E-state index contributed by atoms with van der Waals surface area (Å²) in [6, 6.07) is 5.58. The Labute approximate surface area is 127 Å². The quantitative estimate of drug-likeness (QED) is 0.928. The molecule has 0 aromatic heterocycles. The summed E-state index contributed by atoms with van der Waals surface area (Å²) in [4.78, 5) is 0.362. The van der Waals surface area contributed by atoms with E-state index in [2.05, 4.69) is 19.2 Å². The Bertz CT molecular complexity index is 612. The summed E-state index contributed by atoms with van der Waals surface area (Å²) in [5.41, 5.74) is 1.88. The van der Waals surface area contributed by atoms with Crippen LogP contribution in [0.5, 0.6) is 0 Å². The van der Waals surface area contributed by atoms with Crippen molar-refractivity contribution in [3.8, 4) is 0 Å². The van der Waals surface area contributed by atoms with Gasteiger partial charge >= 0.3 is 0 Å². The number of rotatable bonds is 4. The Kier molecular flexibility index (Phi) is 4.63. The van der Waals surface area contributed by atoms with Gasteiger partial charge in [-0.25, -0.2) is 8.42 Å². The molecule has 2 atom stereocenters. The van der Waals surface area contributed by atoms with E-state index in [1.54, 1.807) is 12.1 Å². The minimum atomic E-state index is -3.18. The molecular formula is C16H25NO3S. The van der Waals surface area contributed by atoms with Crippen LogP contribution in [0, 0.1) is 6.92 Å². The Morgan fingerprint density at radius 2 is 2.14 bits per heavy atom. The summed E-state index contributed by atoms with van der Waals surface area (Å²) in [6.07, 6.45) is 4.10. The van der Waals surface area contributed by atoms with E-state index in [1.165, 1.54) is 6.26 Å². The number of hydrogen-bond acceptors (Lipinski definition) is 4. The molecule has 0 saturated carbocycles. The lowest BCUT2D eigenvalue weighted by Gasteiger charge is -2.38. The average molecular weight is 311 g/mol. The third kappa shape index (κ3) is 3.98. The van der Waals surface area contributed by atoms with Gasteiger partial charge in [-0.15, -0.1) is 0 Å². The van der Waals surface area contributed by atoms with Gasteiger partial charge < -0.3 is 10.1 Å². The SMILES string of the molecule is CCC1(C)CC(Nc2cc(S(C)(=O)=O)ccc2C)CCO1. The normalized spacial score (nSPS) is 26.6. The highest BCUT2D eigenvalue weighted by Gasteiger charge is 2.31. The molecular weight excluding hydrogens is 286 g/mol. The third-order valence-corrected chi connectivity index (χ3v) is 5.45. The van der Waals surface area contributed by atoms with Gasteiger partial charge in [0.05, 0.1) is 10.5 Å². The summed E-state index contributed by atoms with van der Waals surface area (Å²) in [6.45, 7) is 7.01. The minimum absolute atomic E-state index is 0.0851. The molecule has 1 aromatic rings. The van der Waals surface area contributed by atoms with Crippen LogP contribution in [-0.2, 0) is 14.6 Å². The van der Waals surface area contributed by atoms with Crippen molar-refractivity contribution in [1.82, 2.24) is 0 Å². The van der Waals surface area contributed by atoms with E-state index in [-0.39, 0.29) is 5.60 Å². The molecule has 1 saturated heterocycles. The number of sulfone groups is 1. The van der Waals surface area contributed by atoms with Crippen LogP contribution in [0.3, 0.4) is 0 Å². The molecule has 1 aromatic carbocycles. The number of anilines is 1. The van der Waals surface area contributed by atoms with Gasteiger partial charge in [0.15, 0.2) is 9.84 Å². The van der Waals surface area contributed by atoms with Crippen LogP contribution >= 0.6 is 0 Å². The van der Waals surface area contributed by atoms with Crippen LogP contribution in [0.25, 0.3) is 0 Å². The highest BCUT2D eigenvalue weighted by atomic mass is 32.2. The Morgan fingerprint density at radius 3 is 2.76 bits per heavy atom. The van der Waals surface area contributed by atoms with Gasteiger partial charge in [-0.1, -0.05) is 13.0 Å². The van der Waals surface area contributed by atoms with Crippen LogP contribution < -0.4 is 5.32 Å². The maximum absolute atomic E-state index is 11.7. The molecule has 4 nitrogen and oxygen atoms in total. The monoisotopic (exact) mass is 311 g/mol. The molecule has 1 fully saturated rings. The second-order valence-corrected chi connectivity index (χ2v) is 8.25. The molecule has 0 radical (unpaired) electrons. The molecule has 2 rings (SSSR count). The van der Waals surface area contributed by atoms with Crippen LogP contribution in [0.15, 0.2) is 23.1 Å². The number of aryl methyl sites for hydroxylation is 1. The minimum Gasteiger partial charge on any atom is -0.382 e. The fraction of sp³-hybridized carbons (Fsp3) is 0.625. The fourth-order valence-corrected chi connectivity index (χ4v) is 3.35. The van der Waals surface area contributed by atoms with Crippen molar-refractivity contribution in [1.29, 1.82) is 0 Å². The summed E-state index contributed by atoms with van der Waals surface area (Å²) in [7, 11) is -3.18. The smallest absolute Gasteiger partial charge is 0.175 e. The first kappa shape index (κ1) is 16.3. The van der Waals surface area contributed by atoms with E-state index < -0.39 is 9.84 Å². The summed E-state index contributed by atoms with van der Waals surface area (Å²) < 4.78 is 29.2. The molecule has 1 N–H and O–H groups in total. The highest BCUT2D eigenvalue weighted by Crippen LogP contribution is 2.30. The largest absolute Gasteiger partial charge is 0.382 e. The van der Waals surface area contributed by atoms with Crippen molar-refractivity contribution in [2.75, 3.05) is 18.2 Å². The topological polar surface area (TPSA) is 55.4 Å². The maximum atomic E-state index is 11.7. The van der Waals surface area contributed by atoms with Gasteiger partial charge in [0.2, 0.25) is 0 Å². The first-order chi connectivity index (χ1) is 9.73. The van der Waals surface area contributed by atoms with E-state index >= 15 is 0 Å². The summed E-state index contributed by atoms with van der Waals surface area (Å²) in [5, 5.41) is 3.51. The summed E-state index contributed by atoms with van der Waals surface area (Å²) >= 11 is 0. The second kappa shape index (κ2) is 5.97. The molecule has 0 spiro atoms. The molecule has 1 aliphatic heterocycles. The Balaban J connectivity index is 2.19. The van der Waals surface area contributed by atoms with Gasteiger partial charge in [0, 0.05) is 24.6 Å². The number of hydrogen-bond donors (Lipinski definition) is 1. The lowest BCUT2D eigenvalue weighted by Crippen LogP contribution is -2.42. The average Bonchev–Trinajstić information content (AvgIpc) is 2.40. The second-order valence-electron chi connectivity index (χ2n) is 6.23. The fourth-order valence-electron chi connectivity index (χ4n) is 2.71. The number of nitrogens with one attached hydrogen (secondary N) is 1. The molecule has 1 heterocycles. The zero-order valence-electron chi connectivity index (χ0n) is 13.3. The van der Waals surface area contributed by atoms with Crippen LogP contribution in [0.2, 0.25) is 0 Å². The van der Waals surface area contributed by atoms with Gasteiger partial charge in [0.25, 0.3) is 0 Å².